The van der Waals surface area contributed by atoms with Crippen molar-refractivity contribution in [2.75, 3.05) is 7.11 Å². The lowest BCUT2D eigenvalue weighted by Gasteiger charge is -2.19. The second-order valence-electron chi connectivity index (χ2n) is 6.09. The third-order valence-corrected chi connectivity index (χ3v) is 3.42. The first kappa shape index (κ1) is 15.1. The fourth-order valence-electron chi connectivity index (χ4n) is 2.22. The molecule has 0 spiro atoms. The van der Waals surface area contributed by atoms with Gasteiger partial charge in [-0.25, -0.2) is 4.79 Å². The minimum Gasteiger partial charge on any atom is -0.497 e. The number of carboxylic acids is 1. The Balaban J connectivity index is 2.50. The van der Waals surface area contributed by atoms with E-state index in [4.69, 9.17) is 4.74 Å². The van der Waals surface area contributed by atoms with E-state index in [1.54, 1.807) is 13.2 Å². The van der Waals surface area contributed by atoms with Crippen LogP contribution >= 0.6 is 0 Å². The molecule has 21 heavy (non-hydrogen) atoms. The summed E-state index contributed by atoms with van der Waals surface area (Å²) in [5.41, 5.74) is 0.885. The normalized spacial score (nSPS) is 12.5. The van der Waals surface area contributed by atoms with E-state index < -0.39 is 11.4 Å². The van der Waals surface area contributed by atoms with Crippen LogP contribution in [-0.4, -0.2) is 18.2 Å². The summed E-state index contributed by atoms with van der Waals surface area (Å²) in [6.45, 7) is 5.70. The average Bonchev–Trinajstić information content (AvgIpc) is 2.42. The van der Waals surface area contributed by atoms with Gasteiger partial charge in [-0.2, -0.15) is 0 Å². The first-order chi connectivity index (χ1) is 9.81. The Kier molecular flexibility index (Phi) is 4.03. The maximum Gasteiger partial charge on any atom is 0.332 e. The number of ether oxygens (including phenoxy) is 1. The van der Waals surface area contributed by atoms with Crippen molar-refractivity contribution in [3.05, 3.63) is 47.5 Å². The highest BCUT2D eigenvalue weighted by Crippen LogP contribution is 2.29. The zero-order chi connectivity index (χ0) is 15.6. The van der Waals surface area contributed by atoms with Crippen molar-refractivity contribution in [3.63, 3.8) is 0 Å². The lowest BCUT2D eigenvalue weighted by atomic mass is 9.85. The molecule has 0 amide bonds. The second kappa shape index (κ2) is 5.60. The Morgan fingerprint density at radius 3 is 2.29 bits per heavy atom. The monoisotopic (exact) mass is 284 g/mol. The number of fused-ring (bicyclic) bond motifs is 1. The molecule has 0 aliphatic carbocycles. The molecule has 0 saturated heterocycles. The molecule has 0 unspecified atom stereocenters. The first-order valence-corrected chi connectivity index (χ1v) is 6.84. The molecule has 2 aromatic carbocycles. The third kappa shape index (κ3) is 3.43. The van der Waals surface area contributed by atoms with Crippen molar-refractivity contribution < 1.29 is 14.6 Å². The minimum atomic E-state index is -0.877. The summed E-state index contributed by atoms with van der Waals surface area (Å²) in [4.78, 5) is 11.4. The molecule has 0 fully saturated rings. The Labute approximate surface area is 124 Å². The van der Waals surface area contributed by atoms with E-state index in [0.29, 0.717) is 5.57 Å². The lowest BCUT2D eigenvalue weighted by Crippen LogP contribution is -2.17. The van der Waals surface area contributed by atoms with Gasteiger partial charge in [-0.05, 0) is 46.0 Å². The lowest BCUT2D eigenvalue weighted by molar-refractivity contribution is -0.133. The van der Waals surface area contributed by atoms with E-state index in [1.807, 2.05) is 57.2 Å². The van der Waals surface area contributed by atoms with E-state index in [-0.39, 0.29) is 0 Å². The van der Waals surface area contributed by atoms with E-state index in [1.165, 1.54) is 0 Å². The van der Waals surface area contributed by atoms with Crippen LogP contribution in [0.15, 0.2) is 42.0 Å². The molecule has 3 nitrogen and oxygen atoms in total. The Morgan fingerprint density at radius 2 is 1.71 bits per heavy atom. The number of rotatable bonds is 3. The van der Waals surface area contributed by atoms with E-state index in [0.717, 1.165) is 22.1 Å². The zero-order valence-electron chi connectivity index (χ0n) is 12.8. The number of hydrogen-bond acceptors (Lipinski definition) is 2. The number of carbonyl (C=O) groups is 1. The molecule has 0 heterocycles. The molecule has 2 aromatic rings. The summed E-state index contributed by atoms with van der Waals surface area (Å²) in [6, 6.07) is 11.7. The number of hydrogen-bond donors (Lipinski definition) is 1. The second-order valence-corrected chi connectivity index (χ2v) is 6.09. The van der Waals surface area contributed by atoms with Crippen LogP contribution in [0.4, 0.5) is 0 Å². The maximum absolute atomic E-state index is 11.4. The summed E-state index contributed by atoms with van der Waals surface area (Å²) in [5, 5.41) is 11.5. The summed E-state index contributed by atoms with van der Waals surface area (Å²) in [7, 11) is 1.64. The van der Waals surface area contributed by atoms with Gasteiger partial charge < -0.3 is 9.84 Å². The molecular weight excluding hydrogens is 264 g/mol. The summed E-state index contributed by atoms with van der Waals surface area (Å²) in [5.74, 6) is -0.0657. The highest BCUT2D eigenvalue weighted by Gasteiger charge is 2.23. The van der Waals surface area contributed by atoms with Crippen molar-refractivity contribution in [3.8, 4) is 5.75 Å². The van der Waals surface area contributed by atoms with Gasteiger partial charge in [0.25, 0.3) is 0 Å². The quantitative estimate of drug-likeness (QED) is 0.852. The molecule has 110 valence electrons. The Bertz CT molecular complexity index is 706. The molecular formula is C18H20O3. The SMILES string of the molecule is COc1ccc2cc(C=C(C(=O)O)C(C)(C)C)ccc2c1. The number of aliphatic carboxylic acids is 1. The van der Waals surface area contributed by atoms with Crippen molar-refractivity contribution >= 4 is 22.8 Å². The maximum atomic E-state index is 11.4. The minimum absolute atomic E-state index is 0.398. The molecule has 0 atom stereocenters. The Morgan fingerprint density at radius 1 is 1.10 bits per heavy atom. The molecule has 0 radical (unpaired) electrons. The predicted octanol–water partition coefficient (Wildman–Crippen LogP) is 4.36. The molecule has 2 rings (SSSR count). The van der Waals surface area contributed by atoms with Gasteiger partial charge in [0.05, 0.1) is 7.11 Å². The number of benzene rings is 2. The van der Waals surface area contributed by atoms with Gasteiger partial charge in [-0.1, -0.05) is 39.0 Å². The number of methoxy groups -OCH3 is 1. The molecule has 1 N–H and O–H groups in total. The summed E-state index contributed by atoms with van der Waals surface area (Å²) >= 11 is 0. The first-order valence-electron chi connectivity index (χ1n) is 6.84. The molecule has 3 heteroatoms. The van der Waals surface area contributed by atoms with Crippen LogP contribution in [0, 0.1) is 5.41 Å². The fraction of sp³-hybridized carbons (Fsp3) is 0.278. The molecule has 0 saturated carbocycles. The molecule has 0 aliphatic rings. The van der Waals surface area contributed by atoms with Gasteiger partial charge in [0.15, 0.2) is 0 Å². The summed E-state index contributed by atoms with van der Waals surface area (Å²) < 4.78 is 5.20. The Hall–Kier alpha value is -2.29. The number of carboxylic acid groups (broad SMARTS) is 1. The summed E-state index contributed by atoms with van der Waals surface area (Å²) in [6.07, 6.45) is 1.74. The fourth-order valence-corrected chi connectivity index (χ4v) is 2.22. The topological polar surface area (TPSA) is 46.5 Å². The van der Waals surface area contributed by atoms with Crippen molar-refractivity contribution in [1.29, 1.82) is 0 Å². The van der Waals surface area contributed by atoms with Gasteiger partial charge in [0.1, 0.15) is 5.75 Å². The van der Waals surface area contributed by atoms with Crippen LogP contribution in [0.25, 0.3) is 16.8 Å². The van der Waals surface area contributed by atoms with Crippen LogP contribution in [0.2, 0.25) is 0 Å². The van der Waals surface area contributed by atoms with Crippen LogP contribution in [0.5, 0.6) is 5.75 Å². The van der Waals surface area contributed by atoms with Crippen molar-refractivity contribution in [2.45, 2.75) is 20.8 Å². The average molecular weight is 284 g/mol. The largest absolute Gasteiger partial charge is 0.497 e. The highest BCUT2D eigenvalue weighted by atomic mass is 16.5. The van der Waals surface area contributed by atoms with Gasteiger partial charge >= 0.3 is 5.97 Å². The van der Waals surface area contributed by atoms with Gasteiger partial charge in [0, 0.05) is 5.57 Å². The molecule has 0 bridgehead atoms. The standard InChI is InChI=1S/C18H20O3/c1-18(2,3)16(17(19)20)10-12-5-6-14-11-15(21-4)8-7-13(14)9-12/h5-11H,1-4H3,(H,19,20). The van der Waals surface area contributed by atoms with Crippen LogP contribution in [0.1, 0.15) is 26.3 Å². The van der Waals surface area contributed by atoms with Crippen LogP contribution < -0.4 is 4.74 Å². The van der Waals surface area contributed by atoms with Gasteiger partial charge in [-0.15, -0.1) is 0 Å². The van der Waals surface area contributed by atoms with Crippen molar-refractivity contribution in [1.82, 2.24) is 0 Å². The van der Waals surface area contributed by atoms with E-state index in [2.05, 4.69) is 0 Å². The van der Waals surface area contributed by atoms with Crippen LogP contribution in [-0.2, 0) is 4.79 Å². The van der Waals surface area contributed by atoms with Gasteiger partial charge in [0.2, 0.25) is 0 Å². The highest BCUT2D eigenvalue weighted by molar-refractivity contribution is 5.94. The molecule has 0 aliphatic heterocycles. The van der Waals surface area contributed by atoms with E-state index >= 15 is 0 Å². The van der Waals surface area contributed by atoms with Gasteiger partial charge in [-0.3, -0.25) is 0 Å². The smallest absolute Gasteiger partial charge is 0.332 e. The van der Waals surface area contributed by atoms with Crippen molar-refractivity contribution in [2.24, 2.45) is 5.41 Å². The molecule has 0 aromatic heterocycles. The predicted molar refractivity (Wildman–Crippen MR) is 85.6 cm³/mol. The third-order valence-electron chi connectivity index (χ3n) is 3.42. The zero-order valence-corrected chi connectivity index (χ0v) is 12.8. The van der Waals surface area contributed by atoms with E-state index in [9.17, 15) is 9.90 Å². The van der Waals surface area contributed by atoms with Crippen LogP contribution in [0.3, 0.4) is 0 Å².